The third-order valence-electron chi connectivity index (χ3n) is 2.55. The van der Waals surface area contributed by atoms with Crippen LogP contribution in [0.25, 0.3) is 0 Å². The van der Waals surface area contributed by atoms with Gasteiger partial charge in [0.25, 0.3) is 5.91 Å². The molecule has 0 saturated carbocycles. The summed E-state index contributed by atoms with van der Waals surface area (Å²) in [5.41, 5.74) is 3.33. The molecule has 0 radical (unpaired) electrons. The van der Waals surface area contributed by atoms with Crippen molar-refractivity contribution in [3.05, 3.63) is 57.8 Å². The van der Waals surface area contributed by atoms with Crippen molar-refractivity contribution >= 4 is 27.5 Å². The molecule has 0 atom stereocenters. The molecule has 1 N–H and O–H groups in total. The van der Waals surface area contributed by atoms with Crippen molar-refractivity contribution in [2.24, 2.45) is 0 Å². The van der Waals surface area contributed by atoms with Gasteiger partial charge in [-0.2, -0.15) is 0 Å². The number of rotatable bonds is 2. The van der Waals surface area contributed by atoms with E-state index in [1.165, 1.54) is 0 Å². The fourth-order valence-electron chi connectivity index (χ4n) is 1.52. The van der Waals surface area contributed by atoms with Crippen LogP contribution < -0.4 is 5.32 Å². The number of hydrogen-bond acceptors (Lipinski definition) is 2. The second kappa shape index (κ2) is 5.31. The Bertz CT molecular complexity index is 579. The zero-order valence-corrected chi connectivity index (χ0v) is 11.8. The lowest BCUT2D eigenvalue weighted by Crippen LogP contribution is -2.12. The first-order chi connectivity index (χ1) is 8.56. The molecule has 0 unspecified atom stereocenters. The molecule has 18 heavy (non-hydrogen) atoms. The third kappa shape index (κ3) is 2.96. The Morgan fingerprint density at radius 1 is 1.22 bits per heavy atom. The average Bonchev–Trinajstić information content (AvgIpc) is 2.33. The summed E-state index contributed by atoms with van der Waals surface area (Å²) in [6.07, 6.45) is 1.58. The van der Waals surface area contributed by atoms with E-state index in [0.717, 1.165) is 21.4 Å². The van der Waals surface area contributed by atoms with Crippen LogP contribution in [0.4, 0.5) is 5.69 Å². The maximum absolute atomic E-state index is 12.0. The smallest absolute Gasteiger partial charge is 0.257 e. The van der Waals surface area contributed by atoms with Crippen LogP contribution in [0.2, 0.25) is 0 Å². The van der Waals surface area contributed by atoms with E-state index in [1.807, 2.05) is 38.1 Å². The number of benzene rings is 1. The van der Waals surface area contributed by atoms with Crippen molar-refractivity contribution in [1.82, 2.24) is 4.98 Å². The minimum absolute atomic E-state index is 0.160. The standard InChI is InChI=1S/C14H13BrN2O/c1-9-3-6-13(12(15)7-9)17-14(18)11-5-4-10(2)16-8-11/h3-8H,1-2H3,(H,17,18). The predicted octanol–water partition coefficient (Wildman–Crippen LogP) is 3.71. The quantitative estimate of drug-likeness (QED) is 0.919. The van der Waals surface area contributed by atoms with E-state index in [-0.39, 0.29) is 5.91 Å². The number of carbonyl (C=O) groups is 1. The Morgan fingerprint density at radius 3 is 2.61 bits per heavy atom. The number of hydrogen-bond donors (Lipinski definition) is 1. The molecule has 0 aliphatic carbocycles. The van der Waals surface area contributed by atoms with Gasteiger partial charge in [0, 0.05) is 16.4 Å². The van der Waals surface area contributed by atoms with Crippen molar-refractivity contribution < 1.29 is 4.79 Å². The molecule has 3 nitrogen and oxygen atoms in total. The fourth-order valence-corrected chi connectivity index (χ4v) is 2.11. The summed E-state index contributed by atoms with van der Waals surface area (Å²) in [5, 5.41) is 2.85. The van der Waals surface area contributed by atoms with E-state index in [4.69, 9.17) is 0 Å². The molecule has 1 amide bonds. The Kier molecular flexibility index (Phi) is 3.77. The Balaban J connectivity index is 2.18. The zero-order valence-electron chi connectivity index (χ0n) is 10.2. The van der Waals surface area contributed by atoms with Crippen LogP contribution in [0, 0.1) is 13.8 Å². The number of aromatic nitrogens is 1. The van der Waals surface area contributed by atoms with Crippen LogP contribution >= 0.6 is 15.9 Å². The average molecular weight is 305 g/mol. The van der Waals surface area contributed by atoms with Crippen LogP contribution in [0.15, 0.2) is 41.0 Å². The number of aryl methyl sites for hydroxylation is 2. The molecule has 2 rings (SSSR count). The molecule has 2 aromatic rings. The zero-order chi connectivity index (χ0) is 13.1. The van der Waals surface area contributed by atoms with E-state index >= 15 is 0 Å². The predicted molar refractivity (Wildman–Crippen MR) is 75.8 cm³/mol. The van der Waals surface area contributed by atoms with E-state index < -0.39 is 0 Å². The molecule has 92 valence electrons. The lowest BCUT2D eigenvalue weighted by atomic mass is 10.2. The number of anilines is 1. The first-order valence-electron chi connectivity index (χ1n) is 5.56. The second-order valence-corrected chi connectivity index (χ2v) is 4.98. The summed E-state index contributed by atoms with van der Waals surface area (Å²) in [5.74, 6) is -0.160. The summed E-state index contributed by atoms with van der Waals surface area (Å²) in [4.78, 5) is 16.1. The van der Waals surface area contributed by atoms with Crippen molar-refractivity contribution in [3.8, 4) is 0 Å². The van der Waals surface area contributed by atoms with Gasteiger partial charge in [-0.15, -0.1) is 0 Å². The highest BCUT2D eigenvalue weighted by molar-refractivity contribution is 9.10. The molecule has 0 saturated heterocycles. The maximum atomic E-state index is 12.0. The molecule has 0 aliphatic heterocycles. The van der Waals surface area contributed by atoms with Crippen LogP contribution in [-0.2, 0) is 0 Å². The molecular formula is C14H13BrN2O. The van der Waals surface area contributed by atoms with Crippen LogP contribution in [0.5, 0.6) is 0 Å². The minimum atomic E-state index is -0.160. The molecule has 1 heterocycles. The summed E-state index contributed by atoms with van der Waals surface area (Å²) >= 11 is 3.43. The first kappa shape index (κ1) is 12.8. The van der Waals surface area contributed by atoms with Crippen LogP contribution in [-0.4, -0.2) is 10.9 Å². The topological polar surface area (TPSA) is 42.0 Å². The van der Waals surface area contributed by atoms with Gasteiger partial charge in [-0.05, 0) is 59.6 Å². The monoisotopic (exact) mass is 304 g/mol. The number of amides is 1. The molecule has 1 aromatic carbocycles. The molecule has 1 aromatic heterocycles. The van der Waals surface area contributed by atoms with E-state index in [0.29, 0.717) is 5.56 Å². The van der Waals surface area contributed by atoms with Gasteiger partial charge in [0.15, 0.2) is 0 Å². The second-order valence-electron chi connectivity index (χ2n) is 4.13. The highest BCUT2D eigenvalue weighted by Gasteiger charge is 2.08. The van der Waals surface area contributed by atoms with Gasteiger partial charge < -0.3 is 5.32 Å². The Hall–Kier alpha value is -1.68. The van der Waals surface area contributed by atoms with Gasteiger partial charge in [0.1, 0.15) is 0 Å². The minimum Gasteiger partial charge on any atom is -0.321 e. The SMILES string of the molecule is Cc1ccc(NC(=O)c2ccc(C)nc2)c(Br)c1. The number of carbonyl (C=O) groups excluding carboxylic acids is 1. The third-order valence-corrected chi connectivity index (χ3v) is 3.20. The normalized spacial score (nSPS) is 10.2. The van der Waals surface area contributed by atoms with Gasteiger partial charge in [-0.1, -0.05) is 6.07 Å². The molecule has 0 spiro atoms. The number of nitrogens with zero attached hydrogens (tertiary/aromatic N) is 1. The largest absolute Gasteiger partial charge is 0.321 e. The van der Waals surface area contributed by atoms with E-state index in [9.17, 15) is 4.79 Å². The van der Waals surface area contributed by atoms with E-state index in [2.05, 4.69) is 26.2 Å². The maximum Gasteiger partial charge on any atom is 0.257 e. The highest BCUT2D eigenvalue weighted by atomic mass is 79.9. The highest BCUT2D eigenvalue weighted by Crippen LogP contribution is 2.23. The summed E-state index contributed by atoms with van der Waals surface area (Å²) in [6.45, 7) is 3.89. The number of halogens is 1. The van der Waals surface area contributed by atoms with Crippen LogP contribution in [0.3, 0.4) is 0 Å². The van der Waals surface area contributed by atoms with Crippen molar-refractivity contribution in [3.63, 3.8) is 0 Å². The summed E-state index contributed by atoms with van der Waals surface area (Å²) in [7, 11) is 0. The van der Waals surface area contributed by atoms with Gasteiger partial charge in [-0.25, -0.2) is 0 Å². The first-order valence-corrected chi connectivity index (χ1v) is 6.36. The Labute approximate surface area is 114 Å². The van der Waals surface area contributed by atoms with Crippen LogP contribution in [0.1, 0.15) is 21.6 Å². The van der Waals surface area contributed by atoms with Gasteiger partial charge in [0.05, 0.1) is 11.3 Å². The molecule has 0 fully saturated rings. The van der Waals surface area contributed by atoms with Gasteiger partial charge in [0.2, 0.25) is 0 Å². The fraction of sp³-hybridized carbons (Fsp3) is 0.143. The summed E-state index contributed by atoms with van der Waals surface area (Å²) in [6, 6.07) is 9.37. The molecule has 4 heteroatoms. The number of nitrogens with one attached hydrogen (secondary N) is 1. The van der Waals surface area contributed by atoms with Gasteiger partial charge in [-0.3, -0.25) is 9.78 Å². The molecular weight excluding hydrogens is 292 g/mol. The molecule has 0 aliphatic rings. The molecule has 0 bridgehead atoms. The van der Waals surface area contributed by atoms with Crippen molar-refractivity contribution in [1.29, 1.82) is 0 Å². The van der Waals surface area contributed by atoms with Crippen molar-refractivity contribution in [2.75, 3.05) is 5.32 Å². The van der Waals surface area contributed by atoms with Crippen molar-refractivity contribution in [2.45, 2.75) is 13.8 Å². The van der Waals surface area contributed by atoms with Gasteiger partial charge >= 0.3 is 0 Å². The summed E-state index contributed by atoms with van der Waals surface area (Å²) < 4.78 is 0.871. The lowest BCUT2D eigenvalue weighted by molar-refractivity contribution is 0.102. The lowest BCUT2D eigenvalue weighted by Gasteiger charge is -2.08. The number of pyridine rings is 1. The van der Waals surface area contributed by atoms with E-state index in [1.54, 1.807) is 12.3 Å². The Morgan fingerprint density at radius 2 is 2.00 bits per heavy atom.